The highest BCUT2D eigenvalue weighted by atomic mass is 19.3. The summed E-state index contributed by atoms with van der Waals surface area (Å²) in [5.74, 6) is 0.572. The Kier molecular flexibility index (Phi) is 5.60. The number of aromatic nitrogens is 2. The number of nitrogens with zero attached hydrogens (tertiary/aromatic N) is 5. The molecular weight excluding hydrogens is 506 g/mol. The van der Waals surface area contributed by atoms with Gasteiger partial charge < -0.3 is 24.8 Å². The van der Waals surface area contributed by atoms with E-state index in [9.17, 15) is 18.4 Å². The number of benzene rings is 2. The third-order valence-electron chi connectivity index (χ3n) is 8.28. The van der Waals surface area contributed by atoms with Crippen LogP contribution in [-0.2, 0) is 0 Å². The number of carbonyl (C=O) groups excluding carboxylic acids is 2. The van der Waals surface area contributed by atoms with Gasteiger partial charge in [-0.25, -0.2) is 14.8 Å². The van der Waals surface area contributed by atoms with Crippen LogP contribution >= 0.6 is 0 Å². The van der Waals surface area contributed by atoms with Crippen molar-refractivity contribution in [3.05, 3.63) is 71.5 Å². The molecule has 3 aromatic rings. The molecule has 1 N–H and O–H groups in total. The Morgan fingerprint density at radius 3 is 2.59 bits per heavy atom. The Bertz CT molecular complexity index is 1450. The van der Waals surface area contributed by atoms with E-state index < -0.39 is 6.61 Å². The first-order valence-corrected chi connectivity index (χ1v) is 13.1. The van der Waals surface area contributed by atoms with Crippen molar-refractivity contribution in [1.82, 2.24) is 25.1 Å². The molecule has 0 bridgehead atoms. The van der Waals surface area contributed by atoms with Crippen LogP contribution in [0.5, 0.6) is 5.75 Å². The lowest BCUT2D eigenvalue weighted by atomic mass is 9.86. The lowest BCUT2D eigenvalue weighted by Crippen LogP contribution is -2.52. The molecule has 3 saturated heterocycles. The monoisotopic (exact) mass is 532 g/mol. The Morgan fingerprint density at radius 1 is 0.949 bits per heavy atom. The summed E-state index contributed by atoms with van der Waals surface area (Å²) in [5.41, 5.74) is 3.90. The fourth-order valence-corrected chi connectivity index (χ4v) is 6.48. The fraction of sp³-hybridized carbons (Fsp3) is 0.357. The second-order valence-electron chi connectivity index (χ2n) is 10.3. The number of rotatable bonds is 5. The smallest absolute Gasteiger partial charge is 0.387 e. The number of halogens is 2. The highest BCUT2D eigenvalue weighted by Gasteiger charge is 2.47. The van der Waals surface area contributed by atoms with Gasteiger partial charge in [0.2, 0.25) is 5.95 Å². The van der Waals surface area contributed by atoms with Crippen LogP contribution in [-0.4, -0.2) is 77.1 Å². The van der Waals surface area contributed by atoms with Crippen molar-refractivity contribution in [2.24, 2.45) is 0 Å². The van der Waals surface area contributed by atoms with Crippen molar-refractivity contribution in [2.75, 3.05) is 37.6 Å². The number of carbonyl (C=O) groups is 2. The average Bonchev–Trinajstić information content (AvgIpc) is 3.63. The van der Waals surface area contributed by atoms with E-state index in [4.69, 9.17) is 4.74 Å². The Balaban J connectivity index is 1.16. The van der Waals surface area contributed by atoms with E-state index in [1.54, 1.807) is 24.5 Å². The minimum atomic E-state index is -2.92. The largest absolute Gasteiger partial charge is 0.435 e. The molecule has 9 nitrogen and oxygen atoms in total. The van der Waals surface area contributed by atoms with Crippen LogP contribution in [0.3, 0.4) is 0 Å². The summed E-state index contributed by atoms with van der Waals surface area (Å²) in [5, 5.41) is 2.88. The van der Waals surface area contributed by atoms with E-state index in [2.05, 4.69) is 20.2 Å². The summed E-state index contributed by atoms with van der Waals surface area (Å²) in [6, 6.07) is 12.4. The van der Waals surface area contributed by atoms with Crippen molar-refractivity contribution < 1.29 is 23.1 Å². The van der Waals surface area contributed by atoms with Gasteiger partial charge in [-0.15, -0.1) is 0 Å². The molecule has 0 saturated carbocycles. The molecule has 4 aliphatic heterocycles. The summed E-state index contributed by atoms with van der Waals surface area (Å²) < 4.78 is 31.0. The number of ether oxygens (including phenoxy) is 1. The number of para-hydroxylation sites is 1. The standard InChI is InChI=1S/C28H26F2N6O3/c29-26(30)39-23-4-2-1-3-19(23)20-7-8-36-24(20)22-11-16(5-6-21(22)25(36)37)17-12-31-27(32-13-17)34-9-10-35-18(15-34)14-33-28(35)38/h1-6,11-13,18,20,24,26H,7-10,14-15H2,(H,33,38)/t18-,20+,24+/m0/s1. The maximum Gasteiger partial charge on any atom is 0.387 e. The molecule has 7 rings (SSSR count). The van der Waals surface area contributed by atoms with Crippen LogP contribution in [0.15, 0.2) is 54.9 Å². The molecule has 11 heteroatoms. The number of hydrogen-bond acceptors (Lipinski definition) is 6. The third kappa shape index (κ3) is 3.95. The normalized spacial score (nSPS) is 23.7. The van der Waals surface area contributed by atoms with E-state index in [1.165, 1.54) is 0 Å². The van der Waals surface area contributed by atoms with Gasteiger partial charge in [0.1, 0.15) is 5.75 Å². The topological polar surface area (TPSA) is 90.9 Å². The SMILES string of the molecule is O=C1NC[C@H]2CN(c3ncc(-c4ccc5c(c4)[C@H]4[C@@H](c6ccccc6OC(F)F)CCN4C5=O)cn3)CCN12. The zero-order chi connectivity index (χ0) is 26.7. The van der Waals surface area contributed by atoms with Crippen LogP contribution in [0, 0.1) is 0 Å². The van der Waals surface area contributed by atoms with Crippen LogP contribution in [0.1, 0.15) is 39.9 Å². The Labute approximate surface area is 223 Å². The zero-order valence-corrected chi connectivity index (χ0v) is 21.0. The van der Waals surface area contributed by atoms with Crippen LogP contribution < -0.4 is 15.0 Å². The minimum Gasteiger partial charge on any atom is -0.435 e. The number of fused-ring (bicyclic) bond motifs is 4. The number of hydrogen-bond donors (Lipinski definition) is 1. The summed E-state index contributed by atoms with van der Waals surface area (Å²) >= 11 is 0. The van der Waals surface area contributed by atoms with E-state index >= 15 is 0 Å². The molecule has 0 radical (unpaired) electrons. The first-order chi connectivity index (χ1) is 19.0. The average molecular weight is 533 g/mol. The van der Waals surface area contributed by atoms with Crippen molar-refractivity contribution in [3.8, 4) is 16.9 Å². The molecule has 0 spiro atoms. The molecule has 3 atom stereocenters. The first kappa shape index (κ1) is 23.8. The molecule has 0 unspecified atom stereocenters. The predicted octanol–water partition coefficient (Wildman–Crippen LogP) is 3.64. The number of anilines is 1. The molecule has 3 amide bonds. The van der Waals surface area contributed by atoms with E-state index in [-0.39, 0.29) is 35.7 Å². The maximum atomic E-state index is 13.2. The highest BCUT2D eigenvalue weighted by molar-refractivity contribution is 6.00. The molecule has 1 aromatic heterocycles. The van der Waals surface area contributed by atoms with Gasteiger partial charge in [-0.3, -0.25) is 4.79 Å². The van der Waals surface area contributed by atoms with Gasteiger partial charge in [0.05, 0.1) is 12.1 Å². The molecule has 2 aromatic carbocycles. The van der Waals surface area contributed by atoms with Gasteiger partial charge >= 0.3 is 12.6 Å². The van der Waals surface area contributed by atoms with Crippen molar-refractivity contribution in [2.45, 2.75) is 31.0 Å². The van der Waals surface area contributed by atoms with Gasteiger partial charge in [-0.1, -0.05) is 24.3 Å². The van der Waals surface area contributed by atoms with E-state index in [0.29, 0.717) is 56.2 Å². The second kappa shape index (κ2) is 9.18. The van der Waals surface area contributed by atoms with Gasteiger partial charge in [0, 0.05) is 62.2 Å². The van der Waals surface area contributed by atoms with Crippen molar-refractivity contribution in [1.29, 1.82) is 0 Å². The number of nitrogens with one attached hydrogen (secondary N) is 1. The number of amides is 3. The Hall–Kier alpha value is -4.28. The van der Waals surface area contributed by atoms with Gasteiger partial charge in [0.15, 0.2) is 0 Å². The summed E-state index contributed by atoms with van der Waals surface area (Å²) in [6.07, 6.45) is 4.22. The van der Waals surface area contributed by atoms with E-state index in [0.717, 1.165) is 16.7 Å². The number of urea groups is 1. The summed E-state index contributed by atoms with van der Waals surface area (Å²) in [4.78, 5) is 40.1. The molecule has 3 fully saturated rings. The van der Waals surface area contributed by atoms with Gasteiger partial charge in [0.25, 0.3) is 5.91 Å². The molecule has 5 heterocycles. The summed E-state index contributed by atoms with van der Waals surface area (Å²) in [7, 11) is 0. The van der Waals surface area contributed by atoms with Gasteiger partial charge in [-0.05, 0) is 41.3 Å². The predicted molar refractivity (Wildman–Crippen MR) is 138 cm³/mol. The summed E-state index contributed by atoms with van der Waals surface area (Å²) in [6.45, 7) is 0.226. The van der Waals surface area contributed by atoms with Crippen molar-refractivity contribution >= 4 is 17.9 Å². The third-order valence-corrected chi connectivity index (χ3v) is 8.28. The fourth-order valence-electron chi connectivity index (χ4n) is 6.48. The number of piperazine rings is 1. The van der Waals surface area contributed by atoms with Crippen LogP contribution in [0.4, 0.5) is 19.5 Å². The van der Waals surface area contributed by atoms with Crippen LogP contribution in [0.2, 0.25) is 0 Å². The molecular formula is C28H26F2N6O3. The molecule has 200 valence electrons. The van der Waals surface area contributed by atoms with E-state index in [1.807, 2.05) is 40.1 Å². The molecule has 39 heavy (non-hydrogen) atoms. The first-order valence-electron chi connectivity index (χ1n) is 13.1. The lowest BCUT2D eigenvalue weighted by molar-refractivity contribution is -0.0507. The number of alkyl halides is 2. The molecule has 4 aliphatic rings. The van der Waals surface area contributed by atoms with Crippen molar-refractivity contribution in [3.63, 3.8) is 0 Å². The maximum absolute atomic E-state index is 13.2. The zero-order valence-electron chi connectivity index (χ0n) is 21.0. The Morgan fingerprint density at radius 2 is 1.77 bits per heavy atom. The van der Waals surface area contributed by atoms with Crippen LogP contribution in [0.25, 0.3) is 11.1 Å². The second-order valence-corrected chi connectivity index (χ2v) is 10.3. The quantitative estimate of drug-likeness (QED) is 0.540. The minimum absolute atomic E-state index is 0.0147. The highest BCUT2D eigenvalue weighted by Crippen LogP contribution is 2.51. The lowest BCUT2D eigenvalue weighted by Gasteiger charge is -2.36. The molecule has 0 aliphatic carbocycles. The van der Waals surface area contributed by atoms with Gasteiger partial charge in [-0.2, -0.15) is 8.78 Å².